The standard InChI is InChI=1S/C23H18ClN3O2/c24-20-12-5-4-11-19(20)23(29)27-21(17-8-2-1-3-9-17)14-22(28)26-18-10-6-7-16(13-18)15-25/h1-13,21H,14H2,(H,26,28)(H,27,29)/t21-/m0/s1. The molecule has 1 atom stereocenters. The van der Waals surface area contributed by atoms with Crippen molar-refractivity contribution in [3.63, 3.8) is 0 Å². The highest BCUT2D eigenvalue weighted by Crippen LogP contribution is 2.21. The summed E-state index contributed by atoms with van der Waals surface area (Å²) in [6.45, 7) is 0. The van der Waals surface area contributed by atoms with Crippen LogP contribution in [-0.4, -0.2) is 11.8 Å². The maximum absolute atomic E-state index is 12.7. The molecule has 0 spiro atoms. The molecule has 2 N–H and O–H groups in total. The van der Waals surface area contributed by atoms with Crippen LogP contribution in [0, 0.1) is 11.3 Å². The number of hydrogen-bond donors (Lipinski definition) is 2. The van der Waals surface area contributed by atoms with Gasteiger partial charge >= 0.3 is 0 Å². The third kappa shape index (κ3) is 5.44. The lowest BCUT2D eigenvalue weighted by molar-refractivity contribution is -0.116. The van der Waals surface area contributed by atoms with E-state index in [0.29, 0.717) is 21.8 Å². The minimum Gasteiger partial charge on any atom is -0.345 e. The van der Waals surface area contributed by atoms with E-state index in [9.17, 15) is 9.59 Å². The van der Waals surface area contributed by atoms with Gasteiger partial charge < -0.3 is 10.6 Å². The van der Waals surface area contributed by atoms with E-state index < -0.39 is 6.04 Å². The molecule has 5 nitrogen and oxygen atoms in total. The molecule has 0 saturated heterocycles. The fourth-order valence-corrected chi connectivity index (χ4v) is 3.10. The number of anilines is 1. The Morgan fingerprint density at radius 3 is 2.41 bits per heavy atom. The van der Waals surface area contributed by atoms with E-state index in [2.05, 4.69) is 10.6 Å². The summed E-state index contributed by atoms with van der Waals surface area (Å²) in [6.07, 6.45) is 0.0248. The van der Waals surface area contributed by atoms with Gasteiger partial charge in [-0.15, -0.1) is 0 Å². The summed E-state index contributed by atoms with van der Waals surface area (Å²) in [5, 5.41) is 15.0. The van der Waals surface area contributed by atoms with Gasteiger partial charge in [0.05, 0.1) is 34.7 Å². The predicted octanol–water partition coefficient (Wildman–Crippen LogP) is 4.71. The summed E-state index contributed by atoms with van der Waals surface area (Å²) in [5.41, 5.74) is 2.12. The molecule has 144 valence electrons. The van der Waals surface area contributed by atoms with E-state index in [1.54, 1.807) is 48.5 Å². The molecule has 3 rings (SSSR count). The summed E-state index contributed by atoms with van der Waals surface area (Å²) in [6, 6.07) is 24.2. The second-order valence-electron chi connectivity index (χ2n) is 6.36. The molecule has 0 saturated carbocycles. The molecule has 0 aliphatic rings. The van der Waals surface area contributed by atoms with Crippen molar-refractivity contribution in [2.24, 2.45) is 0 Å². The first-order chi connectivity index (χ1) is 14.1. The molecule has 6 heteroatoms. The summed E-state index contributed by atoms with van der Waals surface area (Å²) in [7, 11) is 0. The molecule has 3 aromatic rings. The van der Waals surface area contributed by atoms with Crippen molar-refractivity contribution in [3.8, 4) is 6.07 Å². The number of hydrogen-bond acceptors (Lipinski definition) is 3. The summed E-state index contributed by atoms with van der Waals surface area (Å²) >= 11 is 6.12. The smallest absolute Gasteiger partial charge is 0.253 e. The average Bonchev–Trinajstić information content (AvgIpc) is 2.74. The number of carbonyl (C=O) groups excluding carboxylic acids is 2. The average molecular weight is 404 g/mol. The Kier molecular flexibility index (Phi) is 6.62. The minimum absolute atomic E-state index is 0.0248. The molecule has 3 aromatic carbocycles. The van der Waals surface area contributed by atoms with Gasteiger partial charge in [0, 0.05) is 5.69 Å². The molecule has 0 aliphatic heterocycles. The van der Waals surface area contributed by atoms with E-state index in [-0.39, 0.29) is 18.2 Å². The van der Waals surface area contributed by atoms with Gasteiger partial charge in [-0.1, -0.05) is 60.1 Å². The van der Waals surface area contributed by atoms with Gasteiger partial charge in [-0.25, -0.2) is 0 Å². The maximum atomic E-state index is 12.7. The lowest BCUT2D eigenvalue weighted by Gasteiger charge is -2.19. The Hall–Kier alpha value is -3.62. The van der Waals surface area contributed by atoms with Crippen LogP contribution in [0.15, 0.2) is 78.9 Å². The third-order valence-electron chi connectivity index (χ3n) is 4.29. The number of nitrogens with zero attached hydrogens (tertiary/aromatic N) is 1. The van der Waals surface area contributed by atoms with E-state index >= 15 is 0 Å². The molecule has 0 heterocycles. The van der Waals surface area contributed by atoms with E-state index in [0.717, 1.165) is 5.56 Å². The van der Waals surface area contributed by atoms with Crippen molar-refractivity contribution < 1.29 is 9.59 Å². The molecular formula is C23H18ClN3O2. The summed E-state index contributed by atoms with van der Waals surface area (Å²) < 4.78 is 0. The van der Waals surface area contributed by atoms with Crippen molar-refractivity contribution in [1.82, 2.24) is 5.32 Å². The van der Waals surface area contributed by atoms with Crippen LogP contribution in [0.5, 0.6) is 0 Å². The highest BCUT2D eigenvalue weighted by atomic mass is 35.5. The van der Waals surface area contributed by atoms with Crippen LogP contribution >= 0.6 is 11.6 Å². The number of benzene rings is 3. The van der Waals surface area contributed by atoms with Gasteiger partial charge in [-0.3, -0.25) is 9.59 Å². The summed E-state index contributed by atoms with van der Waals surface area (Å²) in [5.74, 6) is -0.642. The van der Waals surface area contributed by atoms with Crippen molar-refractivity contribution in [2.75, 3.05) is 5.32 Å². The van der Waals surface area contributed by atoms with Crippen LogP contribution in [0.1, 0.15) is 33.9 Å². The second kappa shape index (κ2) is 9.54. The monoisotopic (exact) mass is 403 g/mol. The Labute approximate surface area is 173 Å². The normalized spacial score (nSPS) is 11.2. The Morgan fingerprint density at radius 1 is 0.966 bits per heavy atom. The van der Waals surface area contributed by atoms with Gasteiger partial charge in [0.15, 0.2) is 0 Å². The SMILES string of the molecule is N#Cc1cccc(NC(=O)C[C@H](NC(=O)c2ccccc2Cl)c2ccccc2)c1. The van der Waals surface area contributed by atoms with Crippen LogP contribution in [0.2, 0.25) is 5.02 Å². The molecule has 0 radical (unpaired) electrons. The first-order valence-corrected chi connectivity index (χ1v) is 9.35. The molecule has 0 aliphatic carbocycles. The zero-order valence-corrected chi connectivity index (χ0v) is 16.2. The lowest BCUT2D eigenvalue weighted by Crippen LogP contribution is -2.31. The zero-order valence-electron chi connectivity index (χ0n) is 15.4. The van der Waals surface area contributed by atoms with Crippen molar-refractivity contribution in [1.29, 1.82) is 5.26 Å². The number of nitrogens with one attached hydrogen (secondary N) is 2. The van der Waals surface area contributed by atoms with Crippen LogP contribution in [-0.2, 0) is 4.79 Å². The molecule has 0 aromatic heterocycles. The van der Waals surface area contributed by atoms with Crippen LogP contribution in [0.3, 0.4) is 0 Å². The molecule has 29 heavy (non-hydrogen) atoms. The number of halogens is 1. The fraction of sp³-hybridized carbons (Fsp3) is 0.0870. The van der Waals surface area contributed by atoms with Gasteiger partial charge in [0.25, 0.3) is 5.91 Å². The van der Waals surface area contributed by atoms with Gasteiger partial charge in [0.1, 0.15) is 0 Å². The number of carbonyl (C=O) groups is 2. The van der Waals surface area contributed by atoms with Crippen molar-refractivity contribution >= 4 is 29.1 Å². The van der Waals surface area contributed by atoms with Gasteiger partial charge in [0.2, 0.25) is 5.91 Å². The highest BCUT2D eigenvalue weighted by Gasteiger charge is 2.20. The van der Waals surface area contributed by atoms with Crippen LogP contribution in [0.4, 0.5) is 5.69 Å². The number of rotatable bonds is 6. The molecule has 0 unspecified atom stereocenters. The first-order valence-electron chi connectivity index (χ1n) is 8.97. The third-order valence-corrected chi connectivity index (χ3v) is 4.62. The summed E-state index contributed by atoms with van der Waals surface area (Å²) in [4.78, 5) is 25.3. The van der Waals surface area contributed by atoms with Crippen molar-refractivity contribution in [2.45, 2.75) is 12.5 Å². The minimum atomic E-state index is -0.542. The Balaban J connectivity index is 1.77. The molecule has 0 fully saturated rings. The largest absolute Gasteiger partial charge is 0.345 e. The Bertz CT molecular complexity index is 1060. The molecular weight excluding hydrogens is 386 g/mol. The number of amides is 2. The quantitative estimate of drug-likeness (QED) is 0.625. The first kappa shape index (κ1) is 20.1. The molecule has 0 bridgehead atoms. The van der Waals surface area contributed by atoms with E-state index in [4.69, 9.17) is 16.9 Å². The Morgan fingerprint density at radius 2 is 1.69 bits per heavy atom. The fourth-order valence-electron chi connectivity index (χ4n) is 2.88. The van der Waals surface area contributed by atoms with Crippen LogP contribution in [0.25, 0.3) is 0 Å². The second-order valence-corrected chi connectivity index (χ2v) is 6.77. The molecule has 2 amide bonds. The van der Waals surface area contributed by atoms with Crippen LogP contribution < -0.4 is 10.6 Å². The van der Waals surface area contributed by atoms with E-state index in [1.165, 1.54) is 0 Å². The number of nitriles is 1. The lowest BCUT2D eigenvalue weighted by atomic mass is 10.0. The van der Waals surface area contributed by atoms with Gasteiger partial charge in [-0.05, 0) is 35.9 Å². The maximum Gasteiger partial charge on any atom is 0.253 e. The zero-order chi connectivity index (χ0) is 20.6. The van der Waals surface area contributed by atoms with E-state index in [1.807, 2.05) is 36.4 Å². The highest BCUT2D eigenvalue weighted by molar-refractivity contribution is 6.33. The topological polar surface area (TPSA) is 82.0 Å². The predicted molar refractivity (Wildman–Crippen MR) is 113 cm³/mol. The van der Waals surface area contributed by atoms with Crippen molar-refractivity contribution in [3.05, 3.63) is 101 Å². The van der Waals surface area contributed by atoms with Gasteiger partial charge in [-0.2, -0.15) is 5.26 Å².